The first-order valence-electron chi connectivity index (χ1n) is 7.17. The highest BCUT2D eigenvalue weighted by Gasteiger charge is 2.69. The zero-order valence-corrected chi connectivity index (χ0v) is 14.0. The first-order chi connectivity index (χ1) is 9.93. The maximum Gasteiger partial charge on any atom is 0.154 e. The lowest BCUT2D eigenvalue weighted by Crippen LogP contribution is -2.29. The topological polar surface area (TPSA) is 69.4 Å². The zero-order valence-electron chi connectivity index (χ0n) is 12.4. The highest BCUT2D eigenvalue weighted by Crippen LogP contribution is 2.62. The lowest BCUT2D eigenvalue weighted by Gasteiger charge is -2.15. The number of hydrogen-bond acceptors (Lipinski definition) is 4. The number of ether oxygens (including phenoxy) is 1. The molecule has 0 radical (unpaired) electrons. The van der Waals surface area contributed by atoms with E-state index in [4.69, 9.17) is 22.1 Å². The number of hydrogen-bond donors (Lipinski definition) is 1. The van der Waals surface area contributed by atoms with Crippen molar-refractivity contribution in [1.29, 1.82) is 0 Å². The first-order valence-corrected chi connectivity index (χ1v) is 9.27. The molecule has 2 rings (SSSR count). The largest absolute Gasteiger partial charge is 0.381 e. The molecule has 118 valence electrons. The molecule has 0 amide bonds. The van der Waals surface area contributed by atoms with Crippen LogP contribution < -0.4 is 5.73 Å². The molecule has 0 saturated heterocycles. The summed E-state index contributed by atoms with van der Waals surface area (Å²) in [5.74, 6) is -0.0273. The fraction of sp³-hybridized carbons (Fsp3) is 0.600. The molecule has 0 aromatic heterocycles. The molecule has 6 heteroatoms. The van der Waals surface area contributed by atoms with E-state index < -0.39 is 20.5 Å². The number of rotatable bonds is 7. The van der Waals surface area contributed by atoms with Crippen LogP contribution in [0.1, 0.15) is 25.3 Å². The van der Waals surface area contributed by atoms with Gasteiger partial charge >= 0.3 is 0 Å². The van der Waals surface area contributed by atoms with E-state index in [9.17, 15) is 8.42 Å². The van der Waals surface area contributed by atoms with Crippen LogP contribution in [-0.4, -0.2) is 39.2 Å². The van der Waals surface area contributed by atoms with Gasteiger partial charge in [-0.3, -0.25) is 0 Å². The van der Waals surface area contributed by atoms with Crippen LogP contribution in [0.4, 0.5) is 0 Å². The van der Waals surface area contributed by atoms with Gasteiger partial charge in [-0.05, 0) is 24.6 Å². The van der Waals surface area contributed by atoms with Gasteiger partial charge in [0.25, 0.3) is 0 Å². The average molecular weight is 332 g/mol. The summed E-state index contributed by atoms with van der Waals surface area (Å²) in [7, 11) is -3.19. The van der Waals surface area contributed by atoms with Gasteiger partial charge in [0.2, 0.25) is 0 Å². The molecule has 3 atom stereocenters. The molecule has 1 aromatic rings. The Kier molecular flexibility index (Phi) is 4.98. The van der Waals surface area contributed by atoms with Crippen LogP contribution in [0.2, 0.25) is 5.02 Å². The van der Waals surface area contributed by atoms with Gasteiger partial charge in [-0.1, -0.05) is 30.7 Å². The van der Waals surface area contributed by atoms with Crippen molar-refractivity contribution in [1.82, 2.24) is 0 Å². The van der Waals surface area contributed by atoms with E-state index in [2.05, 4.69) is 0 Å². The van der Waals surface area contributed by atoms with Crippen LogP contribution in [0.25, 0.3) is 0 Å². The average Bonchev–Trinajstić information content (AvgIpc) is 3.15. The van der Waals surface area contributed by atoms with Crippen molar-refractivity contribution in [3.63, 3.8) is 0 Å². The Hall–Kier alpha value is -0.620. The molecule has 1 aliphatic rings. The van der Waals surface area contributed by atoms with Crippen molar-refractivity contribution >= 4 is 21.4 Å². The summed E-state index contributed by atoms with van der Waals surface area (Å²) in [5.41, 5.74) is 6.33. The van der Waals surface area contributed by atoms with Gasteiger partial charge < -0.3 is 10.5 Å². The van der Waals surface area contributed by atoms with E-state index in [1.165, 1.54) is 0 Å². The maximum absolute atomic E-state index is 12.4. The second-order valence-electron chi connectivity index (χ2n) is 5.48. The molecule has 0 bridgehead atoms. The minimum absolute atomic E-state index is 0.114. The molecule has 21 heavy (non-hydrogen) atoms. The third kappa shape index (κ3) is 2.97. The maximum atomic E-state index is 12.4. The second kappa shape index (κ2) is 6.24. The number of nitrogens with two attached hydrogens (primary N) is 1. The molecule has 1 aromatic carbocycles. The Labute approximate surface area is 131 Å². The molecule has 4 nitrogen and oxygen atoms in total. The Bertz CT molecular complexity index is 605. The zero-order chi connectivity index (χ0) is 15.7. The summed E-state index contributed by atoms with van der Waals surface area (Å²) < 4.78 is 30.4. The molecule has 0 heterocycles. The summed E-state index contributed by atoms with van der Waals surface area (Å²) in [6.45, 7) is 4.76. The van der Waals surface area contributed by atoms with Gasteiger partial charge in [0.05, 0.1) is 11.9 Å². The van der Waals surface area contributed by atoms with Crippen LogP contribution in [0, 0.1) is 5.41 Å². The quantitative estimate of drug-likeness (QED) is 0.831. The molecule has 0 spiro atoms. The number of halogens is 1. The predicted molar refractivity (Wildman–Crippen MR) is 85.4 cm³/mol. The van der Waals surface area contributed by atoms with Gasteiger partial charge in [0, 0.05) is 35.3 Å². The molecular weight excluding hydrogens is 310 g/mol. The third-order valence-corrected chi connectivity index (χ3v) is 6.89. The van der Waals surface area contributed by atoms with Crippen molar-refractivity contribution in [3.05, 3.63) is 34.9 Å². The van der Waals surface area contributed by atoms with E-state index in [1.807, 2.05) is 25.1 Å². The standard InChI is InChI=1S/C15H22ClNO3S/c1-3-20-10-15(9-17)13(14(15)21(18,19)4-2)11-6-5-7-12(16)8-11/h5-8,13-14H,3-4,9-10,17H2,1-2H3/t13-,14-,15+/m0/s1. The Morgan fingerprint density at radius 2 is 2.10 bits per heavy atom. The van der Waals surface area contributed by atoms with Gasteiger partial charge in [-0.2, -0.15) is 0 Å². The van der Waals surface area contributed by atoms with Crippen LogP contribution in [0.5, 0.6) is 0 Å². The summed E-state index contributed by atoms with van der Waals surface area (Å²) in [5, 5.41) is 0.124. The minimum Gasteiger partial charge on any atom is -0.381 e. The molecular formula is C15H22ClNO3S. The number of benzene rings is 1. The summed E-state index contributed by atoms with van der Waals surface area (Å²) in [6.07, 6.45) is 0. The van der Waals surface area contributed by atoms with Gasteiger partial charge in [-0.15, -0.1) is 0 Å². The van der Waals surface area contributed by atoms with Crippen LogP contribution in [0.3, 0.4) is 0 Å². The van der Waals surface area contributed by atoms with Gasteiger partial charge in [0.1, 0.15) is 0 Å². The van der Waals surface area contributed by atoms with E-state index in [0.717, 1.165) is 5.56 Å². The van der Waals surface area contributed by atoms with Crippen LogP contribution in [-0.2, 0) is 14.6 Å². The molecule has 1 aliphatic carbocycles. The normalized spacial score (nSPS) is 28.6. The minimum atomic E-state index is -3.19. The van der Waals surface area contributed by atoms with Crippen molar-refractivity contribution in [2.75, 3.05) is 25.5 Å². The Morgan fingerprint density at radius 1 is 1.38 bits per heavy atom. The lowest BCUT2D eigenvalue weighted by molar-refractivity contribution is 0.101. The third-order valence-electron chi connectivity index (χ3n) is 4.33. The first kappa shape index (κ1) is 16.7. The van der Waals surface area contributed by atoms with Crippen LogP contribution in [0.15, 0.2) is 24.3 Å². The Balaban J connectivity index is 2.41. The van der Waals surface area contributed by atoms with E-state index in [0.29, 0.717) is 18.2 Å². The summed E-state index contributed by atoms with van der Waals surface area (Å²) >= 11 is 6.04. The smallest absolute Gasteiger partial charge is 0.154 e. The van der Waals surface area contributed by atoms with Crippen molar-refractivity contribution in [2.45, 2.75) is 25.0 Å². The van der Waals surface area contributed by atoms with Crippen molar-refractivity contribution < 1.29 is 13.2 Å². The molecule has 2 N–H and O–H groups in total. The highest BCUT2D eigenvalue weighted by molar-refractivity contribution is 7.92. The summed E-state index contributed by atoms with van der Waals surface area (Å²) in [4.78, 5) is 0. The molecule has 0 aliphatic heterocycles. The van der Waals surface area contributed by atoms with Crippen LogP contribution >= 0.6 is 11.6 Å². The predicted octanol–water partition coefficient (Wildman–Crippen LogP) is 2.22. The van der Waals surface area contributed by atoms with E-state index in [1.54, 1.807) is 13.0 Å². The molecule has 1 fully saturated rings. The van der Waals surface area contributed by atoms with E-state index in [-0.39, 0.29) is 18.2 Å². The molecule has 0 unspecified atom stereocenters. The van der Waals surface area contributed by atoms with Gasteiger partial charge in [0.15, 0.2) is 9.84 Å². The monoisotopic (exact) mass is 331 g/mol. The lowest BCUT2D eigenvalue weighted by atomic mass is 10.00. The highest BCUT2D eigenvalue weighted by atomic mass is 35.5. The van der Waals surface area contributed by atoms with Crippen molar-refractivity contribution in [2.24, 2.45) is 11.1 Å². The number of sulfone groups is 1. The van der Waals surface area contributed by atoms with Gasteiger partial charge in [-0.25, -0.2) is 8.42 Å². The SMILES string of the molecule is CCOC[C@]1(CN)[C@@H](c2cccc(Cl)c2)[C@@H]1S(=O)(=O)CC. The van der Waals surface area contributed by atoms with E-state index >= 15 is 0 Å². The Morgan fingerprint density at radius 3 is 2.62 bits per heavy atom. The fourth-order valence-corrected chi connectivity index (χ4v) is 5.52. The fourth-order valence-electron chi connectivity index (χ4n) is 3.17. The molecule has 1 saturated carbocycles. The van der Waals surface area contributed by atoms with Crippen molar-refractivity contribution in [3.8, 4) is 0 Å². The second-order valence-corrected chi connectivity index (χ2v) is 8.33. The summed E-state index contributed by atoms with van der Waals surface area (Å²) in [6, 6.07) is 7.36.